The van der Waals surface area contributed by atoms with Gasteiger partial charge in [0.1, 0.15) is 11.6 Å². The second kappa shape index (κ2) is 10.1. The molecule has 7 nitrogen and oxygen atoms in total. The summed E-state index contributed by atoms with van der Waals surface area (Å²) in [5.74, 6) is 2.05. The second-order valence-electron chi connectivity index (χ2n) is 8.19. The molecule has 0 radical (unpaired) electrons. The number of hydrogen-bond acceptors (Lipinski definition) is 5. The zero-order valence-electron chi connectivity index (χ0n) is 18.6. The number of nitrogens with one attached hydrogen (secondary N) is 1. The molecule has 1 fully saturated rings. The van der Waals surface area contributed by atoms with E-state index in [4.69, 9.17) is 19.4 Å². The van der Waals surface area contributed by atoms with E-state index >= 15 is 0 Å². The lowest BCUT2D eigenvalue weighted by atomic mass is 10.1. The normalized spacial score (nSPS) is 14.5. The first-order chi connectivity index (χ1) is 15.2. The highest BCUT2D eigenvalue weighted by Gasteiger charge is 2.16. The first-order valence-electron chi connectivity index (χ1n) is 11.4. The molecule has 1 amide bonds. The van der Waals surface area contributed by atoms with Crippen molar-refractivity contribution in [3.05, 3.63) is 29.7 Å². The van der Waals surface area contributed by atoms with Gasteiger partial charge in [-0.1, -0.05) is 13.3 Å². The lowest BCUT2D eigenvalue weighted by Crippen LogP contribution is -2.40. The van der Waals surface area contributed by atoms with Gasteiger partial charge in [0, 0.05) is 31.3 Å². The number of unbranched alkanes of at least 4 members (excludes halogenated alkanes) is 2. The molecule has 0 unspecified atom stereocenters. The summed E-state index contributed by atoms with van der Waals surface area (Å²) in [4.78, 5) is 27.1. The number of fused-ring (bicyclic) bond motifs is 3. The smallest absolute Gasteiger partial charge is 0.222 e. The van der Waals surface area contributed by atoms with Gasteiger partial charge < -0.3 is 19.4 Å². The van der Waals surface area contributed by atoms with Crippen LogP contribution in [0.1, 0.15) is 50.5 Å². The van der Waals surface area contributed by atoms with Crippen molar-refractivity contribution >= 4 is 27.8 Å². The van der Waals surface area contributed by atoms with E-state index in [-0.39, 0.29) is 5.91 Å². The largest absolute Gasteiger partial charge is 0.494 e. The fourth-order valence-electron chi connectivity index (χ4n) is 4.01. The summed E-state index contributed by atoms with van der Waals surface area (Å²) in [5.41, 5.74) is 3.88. The van der Waals surface area contributed by atoms with Gasteiger partial charge in [-0.15, -0.1) is 0 Å². The number of hydrogen-bond donors (Lipinski definition) is 1. The molecular weight excluding hydrogens is 392 g/mol. The van der Waals surface area contributed by atoms with Crippen LogP contribution in [0, 0.1) is 6.92 Å². The Morgan fingerprint density at radius 1 is 1.19 bits per heavy atom. The maximum absolute atomic E-state index is 12.2. The topological polar surface area (TPSA) is 80.3 Å². The first kappa shape index (κ1) is 21.6. The van der Waals surface area contributed by atoms with Crippen LogP contribution in [0.4, 0.5) is 0 Å². The van der Waals surface area contributed by atoms with Crippen molar-refractivity contribution in [1.29, 1.82) is 0 Å². The van der Waals surface area contributed by atoms with Crippen LogP contribution < -0.4 is 4.74 Å². The fourth-order valence-corrected chi connectivity index (χ4v) is 4.01. The van der Waals surface area contributed by atoms with Gasteiger partial charge in [-0.2, -0.15) is 0 Å². The maximum atomic E-state index is 12.2. The Hall–Kier alpha value is -2.67. The van der Waals surface area contributed by atoms with Crippen LogP contribution in [0.2, 0.25) is 0 Å². The van der Waals surface area contributed by atoms with Crippen molar-refractivity contribution in [2.75, 3.05) is 32.9 Å². The van der Waals surface area contributed by atoms with E-state index in [0.717, 1.165) is 71.3 Å². The molecule has 0 spiro atoms. The highest BCUT2D eigenvalue weighted by molar-refractivity contribution is 6.03. The Kier molecular flexibility index (Phi) is 7.02. The highest BCUT2D eigenvalue weighted by Crippen LogP contribution is 2.28. The number of carbonyl (C=O) groups excluding carboxylic acids is 1. The molecule has 2 aromatic heterocycles. The molecule has 0 saturated carbocycles. The number of morpholine rings is 1. The number of aromatic amines is 1. The van der Waals surface area contributed by atoms with E-state index in [1.807, 2.05) is 30.0 Å². The van der Waals surface area contributed by atoms with Crippen LogP contribution in [-0.4, -0.2) is 58.7 Å². The summed E-state index contributed by atoms with van der Waals surface area (Å²) in [6, 6.07) is 6.00. The van der Waals surface area contributed by atoms with Crippen LogP contribution in [0.15, 0.2) is 18.2 Å². The van der Waals surface area contributed by atoms with E-state index in [9.17, 15) is 4.79 Å². The molecule has 0 atom stereocenters. The van der Waals surface area contributed by atoms with Gasteiger partial charge >= 0.3 is 0 Å². The van der Waals surface area contributed by atoms with Gasteiger partial charge in [0.15, 0.2) is 0 Å². The van der Waals surface area contributed by atoms with Gasteiger partial charge in [0.25, 0.3) is 0 Å². The van der Waals surface area contributed by atoms with Gasteiger partial charge in [-0.25, -0.2) is 4.98 Å². The monoisotopic (exact) mass is 424 g/mol. The number of carbonyl (C=O) groups is 1. The summed E-state index contributed by atoms with van der Waals surface area (Å²) in [6.45, 7) is 7.51. The minimum absolute atomic E-state index is 0.218. The van der Waals surface area contributed by atoms with Gasteiger partial charge in [-0.05, 0) is 44.4 Å². The predicted molar refractivity (Wildman–Crippen MR) is 121 cm³/mol. The van der Waals surface area contributed by atoms with E-state index < -0.39 is 0 Å². The number of nitrogens with zero attached hydrogens (tertiary/aromatic N) is 3. The number of imidazole rings is 1. The summed E-state index contributed by atoms with van der Waals surface area (Å²) in [5, 5.41) is 1.01. The third kappa shape index (κ3) is 5.15. The number of H-pyrrole nitrogens is 1. The third-order valence-corrected chi connectivity index (χ3v) is 5.81. The molecule has 3 heterocycles. The molecule has 166 valence electrons. The molecule has 1 aliphatic heterocycles. The number of rotatable bonds is 9. The quantitative estimate of drug-likeness (QED) is 0.522. The van der Waals surface area contributed by atoms with Crippen LogP contribution in [0.25, 0.3) is 21.9 Å². The zero-order chi connectivity index (χ0) is 21.6. The molecule has 1 aromatic carbocycles. The Morgan fingerprint density at radius 3 is 2.84 bits per heavy atom. The molecule has 1 saturated heterocycles. The van der Waals surface area contributed by atoms with Crippen molar-refractivity contribution in [3.63, 3.8) is 0 Å². The van der Waals surface area contributed by atoms with E-state index in [0.29, 0.717) is 39.3 Å². The fraction of sp³-hybridized carbons (Fsp3) is 0.542. The third-order valence-electron chi connectivity index (χ3n) is 5.81. The summed E-state index contributed by atoms with van der Waals surface area (Å²) in [6.07, 6.45) is 5.45. The van der Waals surface area contributed by atoms with E-state index in [1.54, 1.807) is 0 Å². The van der Waals surface area contributed by atoms with Crippen LogP contribution in [-0.2, 0) is 16.0 Å². The molecule has 0 aliphatic carbocycles. The Labute approximate surface area is 183 Å². The lowest BCUT2D eigenvalue weighted by molar-refractivity contribution is -0.135. The number of aromatic nitrogens is 3. The summed E-state index contributed by atoms with van der Waals surface area (Å²) < 4.78 is 11.3. The average molecular weight is 425 g/mol. The van der Waals surface area contributed by atoms with Crippen LogP contribution in [0.5, 0.6) is 5.75 Å². The van der Waals surface area contributed by atoms with Crippen molar-refractivity contribution in [2.45, 2.75) is 52.4 Å². The predicted octanol–water partition coefficient (Wildman–Crippen LogP) is 4.17. The molecule has 31 heavy (non-hydrogen) atoms. The van der Waals surface area contributed by atoms with Crippen molar-refractivity contribution in [1.82, 2.24) is 19.9 Å². The number of aryl methyl sites for hydroxylation is 2. The Morgan fingerprint density at radius 2 is 2.03 bits per heavy atom. The molecule has 1 aliphatic rings. The summed E-state index contributed by atoms with van der Waals surface area (Å²) >= 11 is 0. The van der Waals surface area contributed by atoms with E-state index in [2.05, 4.69) is 11.9 Å². The van der Waals surface area contributed by atoms with Crippen molar-refractivity contribution in [2.24, 2.45) is 0 Å². The minimum Gasteiger partial charge on any atom is -0.494 e. The Bertz CT molecular complexity index is 1040. The minimum atomic E-state index is 0.218. The maximum Gasteiger partial charge on any atom is 0.222 e. The average Bonchev–Trinajstić information content (AvgIpc) is 3.23. The van der Waals surface area contributed by atoms with Gasteiger partial charge in [-0.3, -0.25) is 9.78 Å². The lowest BCUT2D eigenvalue weighted by Gasteiger charge is -2.26. The molecular formula is C24H32N4O3. The number of benzene rings is 1. The van der Waals surface area contributed by atoms with Gasteiger partial charge in [0.2, 0.25) is 5.91 Å². The van der Waals surface area contributed by atoms with Crippen LogP contribution >= 0.6 is 0 Å². The zero-order valence-corrected chi connectivity index (χ0v) is 18.6. The molecule has 4 rings (SSSR count). The summed E-state index contributed by atoms with van der Waals surface area (Å²) in [7, 11) is 0. The molecule has 3 aromatic rings. The van der Waals surface area contributed by atoms with Crippen LogP contribution in [0.3, 0.4) is 0 Å². The molecule has 1 N–H and O–H groups in total. The molecule has 0 bridgehead atoms. The molecule has 7 heteroatoms. The van der Waals surface area contributed by atoms with E-state index in [1.165, 1.54) is 0 Å². The number of ether oxygens (including phenoxy) is 2. The standard InChI is InChI=1S/C24H32N4O3/c1-3-4-7-21-26-23-17(2)25-20-10-9-18(16-19(20)24(23)27-21)31-13-6-5-8-22(29)28-11-14-30-15-12-28/h9-10,16H,3-8,11-15H2,1-2H3,(H,26,27). The first-order valence-corrected chi connectivity index (χ1v) is 11.4. The SMILES string of the molecule is CCCCc1nc2c([nH]1)c(C)nc1ccc(OCCCCC(=O)N3CCOCC3)cc12. The van der Waals surface area contributed by atoms with Crippen molar-refractivity contribution < 1.29 is 14.3 Å². The number of pyridine rings is 1. The second-order valence-corrected chi connectivity index (χ2v) is 8.19. The number of amides is 1. The van der Waals surface area contributed by atoms with Gasteiger partial charge in [0.05, 0.1) is 42.1 Å². The Balaban J connectivity index is 1.36. The highest BCUT2D eigenvalue weighted by atomic mass is 16.5. The van der Waals surface area contributed by atoms with Crippen molar-refractivity contribution in [3.8, 4) is 5.75 Å².